The maximum Gasteiger partial charge on any atom is 0.225 e. The van der Waals surface area contributed by atoms with E-state index in [4.69, 9.17) is 4.98 Å². The van der Waals surface area contributed by atoms with E-state index >= 15 is 0 Å². The monoisotopic (exact) mass is 380 g/mol. The molecule has 2 aromatic heterocycles. The normalized spacial score (nSPS) is 19.1. The Kier molecular flexibility index (Phi) is 6.11. The SMILES string of the molecule is C1=NCS/C1=C\c1ccnc(N2CCC(CNCc3ccccn3)CC2)n1. The summed E-state index contributed by atoms with van der Waals surface area (Å²) in [5.74, 6) is 2.34. The van der Waals surface area contributed by atoms with Crippen LogP contribution < -0.4 is 10.2 Å². The van der Waals surface area contributed by atoms with E-state index < -0.39 is 0 Å². The number of hydrogen-bond acceptors (Lipinski definition) is 7. The second-order valence-electron chi connectivity index (χ2n) is 6.80. The minimum Gasteiger partial charge on any atom is -0.341 e. The second-order valence-corrected chi connectivity index (χ2v) is 7.81. The van der Waals surface area contributed by atoms with E-state index in [1.807, 2.05) is 36.8 Å². The highest BCUT2D eigenvalue weighted by atomic mass is 32.2. The molecule has 140 valence electrons. The van der Waals surface area contributed by atoms with Gasteiger partial charge < -0.3 is 10.2 Å². The second kappa shape index (κ2) is 9.10. The fourth-order valence-electron chi connectivity index (χ4n) is 3.34. The lowest BCUT2D eigenvalue weighted by molar-refractivity contribution is 0.379. The summed E-state index contributed by atoms with van der Waals surface area (Å²) in [6.07, 6.45) is 10.0. The Morgan fingerprint density at radius 1 is 1.15 bits per heavy atom. The Morgan fingerprint density at radius 3 is 2.85 bits per heavy atom. The van der Waals surface area contributed by atoms with Crippen LogP contribution in [0.25, 0.3) is 6.08 Å². The number of nitrogens with zero attached hydrogens (tertiary/aromatic N) is 5. The van der Waals surface area contributed by atoms with Crippen molar-refractivity contribution in [2.24, 2.45) is 10.9 Å². The van der Waals surface area contributed by atoms with Crippen LogP contribution in [0.3, 0.4) is 0 Å². The summed E-state index contributed by atoms with van der Waals surface area (Å²) in [4.78, 5) is 21.3. The Hall–Kier alpha value is -2.25. The third-order valence-corrected chi connectivity index (χ3v) is 5.68. The molecule has 0 spiro atoms. The zero-order valence-electron chi connectivity index (χ0n) is 15.3. The average molecular weight is 381 g/mol. The van der Waals surface area contributed by atoms with Gasteiger partial charge in [-0.2, -0.15) is 0 Å². The van der Waals surface area contributed by atoms with Gasteiger partial charge in [-0.3, -0.25) is 9.98 Å². The summed E-state index contributed by atoms with van der Waals surface area (Å²) in [5, 5.41) is 3.54. The predicted molar refractivity (Wildman–Crippen MR) is 112 cm³/mol. The number of nitrogens with one attached hydrogen (secondary N) is 1. The number of aromatic nitrogens is 3. The van der Waals surface area contributed by atoms with E-state index in [1.165, 1.54) is 0 Å². The highest BCUT2D eigenvalue weighted by Crippen LogP contribution is 2.23. The van der Waals surface area contributed by atoms with E-state index in [1.54, 1.807) is 11.8 Å². The van der Waals surface area contributed by atoms with Crippen molar-refractivity contribution in [2.75, 3.05) is 30.4 Å². The van der Waals surface area contributed by atoms with Crippen LogP contribution in [0.2, 0.25) is 0 Å². The first kappa shape index (κ1) is 18.1. The van der Waals surface area contributed by atoms with Crippen LogP contribution in [0.1, 0.15) is 24.2 Å². The summed E-state index contributed by atoms with van der Waals surface area (Å²) in [6, 6.07) is 8.00. The lowest BCUT2D eigenvalue weighted by atomic mass is 9.97. The van der Waals surface area contributed by atoms with Gasteiger partial charge in [0, 0.05) is 43.1 Å². The van der Waals surface area contributed by atoms with E-state index in [-0.39, 0.29) is 0 Å². The molecule has 27 heavy (non-hydrogen) atoms. The number of thioether (sulfide) groups is 1. The molecular weight excluding hydrogens is 356 g/mol. The molecule has 2 aliphatic rings. The molecule has 4 rings (SSSR count). The highest BCUT2D eigenvalue weighted by Gasteiger charge is 2.20. The van der Waals surface area contributed by atoms with Gasteiger partial charge in [0.15, 0.2) is 0 Å². The third kappa shape index (κ3) is 5.14. The minimum atomic E-state index is 0.696. The number of pyridine rings is 1. The molecule has 0 aromatic carbocycles. The van der Waals surface area contributed by atoms with Gasteiger partial charge in [-0.1, -0.05) is 6.07 Å². The molecule has 0 saturated carbocycles. The van der Waals surface area contributed by atoms with Crippen LogP contribution in [0.5, 0.6) is 0 Å². The third-order valence-electron chi connectivity index (χ3n) is 4.84. The molecule has 1 saturated heterocycles. The van der Waals surface area contributed by atoms with Crippen molar-refractivity contribution in [1.29, 1.82) is 0 Å². The van der Waals surface area contributed by atoms with E-state index in [2.05, 4.69) is 37.3 Å². The number of rotatable bonds is 6. The van der Waals surface area contributed by atoms with Crippen LogP contribution in [0, 0.1) is 5.92 Å². The van der Waals surface area contributed by atoms with Gasteiger partial charge in [-0.05, 0) is 49.6 Å². The van der Waals surface area contributed by atoms with Crippen molar-refractivity contribution in [2.45, 2.75) is 19.4 Å². The Bertz CT molecular complexity index is 799. The zero-order chi connectivity index (χ0) is 18.3. The summed E-state index contributed by atoms with van der Waals surface area (Å²) in [7, 11) is 0. The van der Waals surface area contributed by atoms with Gasteiger partial charge in [-0.25, -0.2) is 9.97 Å². The maximum absolute atomic E-state index is 4.73. The molecule has 0 aliphatic carbocycles. The van der Waals surface area contributed by atoms with Crippen molar-refractivity contribution in [1.82, 2.24) is 20.3 Å². The zero-order valence-corrected chi connectivity index (χ0v) is 16.1. The van der Waals surface area contributed by atoms with Crippen molar-refractivity contribution < 1.29 is 0 Å². The summed E-state index contributed by atoms with van der Waals surface area (Å²) >= 11 is 1.74. The Labute approximate surface area is 164 Å². The number of hydrogen-bond donors (Lipinski definition) is 1. The summed E-state index contributed by atoms with van der Waals surface area (Å²) in [6.45, 7) is 3.88. The lowest BCUT2D eigenvalue weighted by Gasteiger charge is -2.32. The predicted octanol–water partition coefficient (Wildman–Crippen LogP) is 2.99. The van der Waals surface area contributed by atoms with Crippen LogP contribution >= 0.6 is 11.8 Å². The van der Waals surface area contributed by atoms with Crippen molar-refractivity contribution in [3.05, 3.63) is 53.0 Å². The first-order valence-electron chi connectivity index (χ1n) is 9.40. The van der Waals surface area contributed by atoms with Crippen LogP contribution in [-0.4, -0.2) is 46.7 Å². The molecule has 0 atom stereocenters. The topological polar surface area (TPSA) is 66.3 Å². The minimum absolute atomic E-state index is 0.696. The van der Waals surface area contributed by atoms with E-state index in [9.17, 15) is 0 Å². The largest absolute Gasteiger partial charge is 0.341 e. The molecule has 4 heterocycles. The van der Waals surface area contributed by atoms with Crippen molar-refractivity contribution >= 4 is 30.0 Å². The van der Waals surface area contributed by atoms with Gasteiger partial charge in [0.05, 0.1) is 17.3 Å². The Balaban J connectivity index is 1.26. The first-order valence-corrected chi connectivity index (χ1v) is 10.4. The molecule has 2 aliphatic heterocycles. The molecule has 0 bridgehead atoms. The lowest BCUT2D eigenvalue weighted by Crippen LogP contribution is -2.38. The molecule has 1 fully saturated rings. The van der Waals surface area contributed by atoms with E-state index in [0.717, 1.165) is 67.1 Å². The molecule has 2 aromatic rings. The summed E-state index contributed by atoms with van der Waals surface area (Å²) < 4.78 is 0. The van der Waals surface area contributed by atoms with Gasteiger partial charge in [0.2, 0.25) is 5.95 Å². The molecule has 1 N–H and O–H groups in total. The molecule has 7 heteroatoms. The van der Waals surface area contributed by atoms with Gasteiger partial charge >= 0.3 is 0 Å². The molecule has 0 amide bonds. The summed E-state index contributed by atoms with van der Waals surface area (Å²) in [5.41, 5.74) is 2.05. The number of allylic oxidation sites excluding steroid dienone is 1. The quantitative estimate of drug-likeness (QED) is 0.831. The fraction of sp³-hybridized carbons (Fsp3) is 0.400. The molecular formula is C20H24N6S. The van der Waals surface area contributed by atoms with E-state index in [0.29, 0.717) is 5.92 Å². The number of anilines is 1. The van der Waals surface area contributed by atoms with Crippen LogP contribution in [-0.2, 0) is 6.54 Å². The number of piperidine rings is 1. The van der Waals surface area contributed by atoms with Crippen molar-refractivity contribution in [3.63, 3.8) is 0 Å². The molecule has 0 unspecified atom stereocenters. The Morgan fingerprint density at radius 2 is 2.07 bits per heavy atom. The molecule has 6 nitrogen and oxygen atoms in total. The standard InChI is InChI=1S/C20H24N6S/c1-2-7-23-18(3-1)13-21-12-16-5-9-26(10-6-16)20-24-8-4-17(25-20)11-19-14-22-15-27-19/h1-4,7-8,11,14,16,21H,5-6,9-10,12-13,15H2/b19-11-. The highest BCUT2D eigenvalue weighted by molar-refractivity contribution is 8.04. The maximum atomic E-state index is 4.73. The van der Waals surface area contributed by atoms with Gasteiger partial charge in [-0.15, -0.1) is 11.8 Å². The average Bonchev–Trinajstić information content (AvgIpc) is 3.23. The van der Waals surface area contributed by atoms with Crippen LogP contribution in [0.15, 0.2) is 46.6 Å². The van der Waals surface area contributed by atoms with Crippen molar-refractivity contribution in [3.8, 4) is 0 Å². The smallest absolute Gasteiger partial charge is 0.225 e. The van der Waals surface area contributed by atoms with Gasteiger partial charge in [0.25, 0.3) is 0 Å². The fourth-order valence-corrected chi connectivity index (χ4v) is 3.99. The number of aliphatic imine (C=N–C) groups is 1. The van der Waals surface area contributed by atoms with Crippen LogP contribution in [0.4, 0.5) is 5.95 Å². The molecule has 0 radical (unpaired) electrons. The van der Waals surface area contributed by atoms with Gasteiger partial charge in [0.1, 0.15) is 0 Å². The first-order chi connectivity index (χ1) is 13.4.